The summed E-state index contributed by atoms with van der Waals surface area (Å²) in [4.78, 5) is 0. The monoisotopic (exact) mass is 410 g/mol. The number of hydrogen-bond acceptors (Lipinski definition) is 1. The Morgan fingerprint density at radius 1 is 1.17 bits per heavy atom. The zero-order chi connectivity index (χ0) is 21.7. The van der Waals surface area contributed by atoms with Crippen molar-refractivity contribution in [2.24, 2.45) is 46.3 Å². The van der Waals surface area contributed by atoms with Crippen molar-refractivity contribution in [3.8, 4) is 0 Å². The van der Waals surface area contributed by atoms with Crippen molar-refractivity contribution in [1.82, 2.24) is 0 Å². The fourth-order valence-electron chi connectivity index (χ4n) is 8.64. The fraction of sp³-hybridized carbons (Fsp3) is 0.793. The maximum atomic E-state index is 10.2. The molecule has 3 saturated carbocycles. The zero-order valence-electron chi connectivity index (χ0n) is 20.3. The molecule has 4 aliphatic carbocycles. The highest BCUT2D eigenvalue weighted by Crippen LogP contribution is 2.67. The molecule has 4 aliphatic rings. The summed E-state index contributed by atoms with van der Waals surface area (Å²) in [5.74, 6) is 4.64. The average molecular weight is 411 g/mol. The molecule has 0 aromatic carbocycles. The van der Waals surface area contributed by atoms with Gasteiger partial charge >= 0.3 is 0 Å². The minimum absolute atomic E-state index is 0.0932. The first-order chi connectivity index (χ1) is 14.2. The van der Waals surface area contributed by atoms with E-state index in [2.05, 4.69) is 59.4 Å². The molecule has 0 radical (unpaired) electrons. The van der Waals surface area contributed by atoms with Gasteiger partial charge in [0.05, 0.1) is 6.10 Å². The highest BCUT2D eigenvalue weighted by atomic mass is 16.3. The minimum atomic E-state index is -0.0932. The van der Waals surface area contributed by atoms with Crippen LogP contribution in [0.1, 0.15) is 92.4 Å². The molecule has 0 bridgehead atoms. The Kier molecular flexibility index (Phi) is 6.17. The van der Waals surface area contributed by atoms with Crippen molar-refractivity contribution < 1.29 is 5.11 Å². The van der Waals surface area contributed by atoms with E-state index in [0.717, 1.165) is 42.9 Å². The van der Waals surface area contributed by atoms with Crippen molar-refractivity contribution in [3.05, 3.63) is 36.0 Å². The quantitative estimate of drug-likeness (QED) is 0.460. The van der Waals surface area contributed by atoms with Crippen molar-refractivity contribution in [2.75, 3.05) is 0 Å². The molecule has 0 aromatic heterocycles. The van der Waals surface area contributed by atoms with Gasteiger partial charge in [0.1, 0.15) is 0 Å². The molecule has 0 aromatic rings. The largest absolute Gasteiger partial charge is 0.393 e. The molecule has 0 aliphatic heterocycles. The predicted molar refractivity (Wildman–Crippen MR) is 128 cm³/mol. The summed E-state index contributed by atoms with van der Waals surface area (Å²) in [5, 5.41) is 10.2. The molecule has 0 amide bonds. The summed E-state index contributed by atoms with van der Waals surface area (Å²) in [6, 6.07) is 0. The first kappa shape index (κ1) is 22.4. The molecule has 30 heavy (non-hydrogen) atoms. The van der Waals surface area contributed by atoms with E-state index in [1.54, 1.807) is 5.57 Å². The molecule has 1 N–H and O–H groups in total. The lowest BCUT2D eigenvalue weighted by molar-refractivity contribution is -0.0540. The third kappa shape index (κ3) is 3.58. The van der Waals surface area contributed by atoms with E-state index in [4.69, 9.17) is 0 Å². The minimum Gasteiger partial charge on any atom is -0.393 e. The Balaban J connectivity index is 1.53. The molecule has 1 nitrogen and oxygen atoms in total. The Morgan fingerprint density at radius 2 is 1.93 bits per heavy atom. The normalized spacial score (nSPS) is 45.3. The van der Waals surface area contributed by atoms with Gasteiger partial charge in [0.15, 0.2) is 0 Å². The molecule has 1 heteroatoms. The van der Waals surface area contributed by atoms with E-state index in [1.807, 2.05) is 0 Å². The molecule has 4 rings (SSSR count). The highest BCUT2D eigenvalue weighted by molar-refractivity contribution is 5.25. The SMILES string of the molecule is C=C(C)[C@H](/C=C/[C@H](C)[C@H]1CC[C@@H]2[C@H]3CC=C4C[C@@H](O)CC[C@]4(C)[C@@H]3CC[C@@]21C)CC. The Morgan fingerprint density at radius 3 is 2.63 bits per heavy atom. The number of allylic oxidation sites excluding steroid dienone is 4. The van der Waals surface area contributed by atoms with Crippen molar-refractivity contribution in [1.29, 1.82) is 0 Å². The van der Waals surface area contributed by atoms with Gasteiger partial charge in [-0.3, -0.25) is 0 Å². The first-order valence-corrected chi connectivity index (χ1v) is 12.9. The van der Waals surface area contributed by atoms with E-state index in [-0.39, 0.29) is 6.10 Å². The van der Waals surface area contributed by atoms with Gasteiger partial charge in [-0.25, -0.2) is 0 Å². The second-order valence-corrected chi connectivity index (χ2v) is 12.0. The van der Waals surface area contributed by atoms with Gasteiger partial charge < -0.3 is 5.11 Å². The predicted octanol–water partition coefficient (Wildman–Crippen LogP) is 7.72. The maximum absolute atomic E-state index is 10.2. The molecule has 9 atom stereocenters. The summed E-state index contributed by atoms with van der Waals surface area (Å²) in [6.45, 7) is 16.3. The van der Waals surface area contributed by atoms with E-state index in [0.29, 0.717) is 22.7 Å². The molecule has 0 saturated heterocycles. The fourth-order valence-corrected chi connectivity index (χ4v) is 8.64. The van der Waals surface area contributed by atoms with Crippen LogP contribution in [0.4, 0.5) is 0 Å². The van der Waals surface area contributed by atoms with Crippen LogP contribution in [-0.4, -0.2) is 11.2 Å². The lowest BCUT2D eigenvalue weighted by atomic mass is 9.47. The lowest BCUT2D eigenvalue weighted by Gasteiger charge is -2.58. The van der Waals surface area contributed by atoms with Crippen LogP contribution in [0.25, 0.3) is 0 Å². The number of rotatable bonds is 5. The van der Waals surface area contributed by atoms with Crippen LogP contribution in [0.5, 0.6) is 0 Å². The first-order valence-electron chi connectivity index (χ1n) is 12.9. The van der Waals surface area contributed by atoms with Crippen molar-refractivity contribution >= 4 is 0 Å². The highest BCUT2D eigenvalue weighted by Gasteiger charge is 2.58. The van der Waals surface area contributed by atoms with Crippen LogP contribution in [0.3, 0.4) is 0 Å². The van der Waals surface area contributed by atoms with Gasteiger partial charge in [-0.1, -0.05) is 63.6 Å². The standard InChI is InChI=1S/C29H46O/c1-7-21(19(2)3)9-8-20(4)25-12-13-26-24-11-10-22-18-23(30)14-16-28(22,5)27(24)15-17-29(25,26)6/h8-10,20-21,23-27,30H,2,7,11-18H2,1,3-6H3/b9-8+/t20-,21-,23-,24+,25+,26+,27+,28-,29+/m0/s1. The molecular formula is C29H46O. The third-order valence-electron chi connectivity index (χ3n) is 10.5. The number of fused-ring (bicyclic) bond motifs is 5. The molecule has 0 heterocycles. The van der Waals surface area contributed by atoms with Gasteiger partial charge in [-0.05, 0) is 111 Å². The summed E-state index contributed by atoms with van der Waals surface area (Å²) in [6.07, 6.45) is 18.7. The van der Waals surface area contributed by atoms with Crippen LogP contribution in [0.15, 0.2) is 36.0 Å². The van der Waals surface area contributed by atoms with Gasteiger partial charge in [0.25, 0.3) is 0 Å². The van der Waals surface area contributed by atoms with Gasteiger partial charge in [-0.2, -0.15) is 0 Å². The van der Waals surface area contributed by atoms with E-state index < -0.39 is 0 Å². The summed E-state index contributed by atoms with van der Waals surface area (Å²) in [5.41, 5.74) is 3.77. The molecule has 0 spiro atoms. The van der Waals surface area contributed by atoms with Crippen LogP contribution in [-0.2, 0) is 0 Å². The van der Waals surface area contributed by atoms with Crippen LogP contribution in [0, 0.1) is 46.3 Å². The van der Waals surface area contributed by atoms with Gasteiger partial charge in [-0.15, -0.1) is 0 Å². The summed E-state index contributed by atoms with van der Waals surface area (Å²) in [7, 11) is 0. The second-order valence-electron chi connectivity index (χ2n) is 12.0. The Hall–Kier alpha value is -0.820. The second kappa shape index (κ2) is 8.27. The lowest BCUT2D eigenvalue weighted by Crippen LogP contribution is -2.50. The average Bonchev–Trinajstić information content (AvgIpc) is 3.06. The van der Waals surface area contributed by atoms with E-state index in [1.165, 1.54) is 44.1 Å². The molecular weight excluding hydrogens is 364 g/mol. The van der Waals surface area contributed by atoms with Crippen LogP contribution in [0.2, 0.25) is 0 Å². The zero-order valence-corrected chi connectivity index (χ0v) is 20.3. The van der Waals surface area contributed by atoms with E-state index >= 15 is 0 Å². The summed E-state index contributed by atoms with van der Waals surface area (Å²) >= 11 is 0. The van der Waals surface area contributed by atoms with Crippen molar-refractivity contribution in [3.63, 3.8) is 0 Å². The Labute approximate surface area is 186 Å². The van der Waals surface area contributed by atoms with Crippen molar-refractivity contribution in [2.45, 2.75) is 98.5 Å². The van der Waals surface area contributed by atoms with Crippen LogP contribution < -0.4 is 0 Å². The number of aliphatic hydroxyl groups is 1. The Bertz CT molecular complexity index is 716. The van der Waals surface area contributed by atoms with E-state index in [9.17, 15) is 5.11 Å². The maximum Gasteiger partial charge on any atom is 0.0577 e. The third-order valence-corrected chi connectivity index (χ3v) is 10.5. The summed E-state index contributed by atoms with van der Waals surface area (Å²) < 4.78 is 0. The smallest absolute Gasteiger partial charge is 0.0577 e. The molecule has 0 unspecified atom stereocenters. The number of aliphatic hydroxyl groups excluding tert-OH is 1. The van der Waals surface area contributed by atoms with Gasteiger partial charge in [0.2, 0.25) is 0 Å². The van der Waals surface area contributed by atoms with Crippen LogP contribution >= 0.6 is 0 Å². The number of hydrogen-bond donors (Lipinski definition) is 1. The molecule has 168 valence electrons. The van der Waals surface area contributed by atoms with Gasteiger partial charge in [0, 0.05) is 0 Å². The topological polar surface area (TPSA) is 20.2 Å². The molecule has 3 fully saturated rings.